The Kier molecular flexibility index (Phi) is 7.27. The Morgan fingerprint density at radius 3 is 2.33 bits per heavy atom. The number of nitro benzene ring substituents is 1. The lowest BCUT2D eigenvalue weighted by atomic mass is 10.2. The highest BCUT2D eigenvalue weighted by atomic mass is 16.6. The summed E-state index contributed by atoms with van der Waals surface area (Å²) in [5.74, 6) is 0.769. The van der Waals surface area contributed by atoms with Crippen molar-refractivity contribution in [3.63, 3.8) is 0 Å². The zero-order valence-corrected chi connectivity index (χ0v) is 12.5. The standard InChI is InChI=1S/C13H21N3O5/c1-19-7-6-14-4-5-15-10-8-12(20-2)13(21-3)9-11(10)16(17)18/h8-9,14-15H,4-7H2,1-3H3. The molecule has 0 aliphatic rings. The summed E-state index contributed by atoms with van der Waals surface area (Å²) in [6.45, 7) is 2.55. The van der Waals surface area contributed by atoms with E-state index < -0.39 is 4.92 Å². The number of nitrogens with one attached hydrogen (secondary N) is 2. The van der Waals surface area contributed by atoms with E-state index in [9.17, 15) is 10.1 Å². The molecular formula is C13H21N3O5. The predicted molar refractivity (Wildman–Crippen MR) is 79.4 cm³/mol. The van der Waals surface area contributed by atoms with E-state index in [1.54, 1.807) is 13.2 Å². The first kappa shape index (κ1) is 17.0. The Morgan fingerprint density at radius 2 is 1.76 bits per heavy atom. The molecule has 8 nitrogen and oxygen atoms in total. The fourth-order valence-electron chi connectivity index (χ4n) is 1.75. The van der Waals surface area contributed by atoms with Crippen LogP contribution in [0.3, 0.4) is 0 Å². The third-order valence-corrected chi connectivity index (χ3v) is 2.80. The molecule has 0 radical (unpaired) electrons. The maximum absolute atomic E-state index is 11.1. The van der Waals surface area contributed by atoms with Crippen LogP contribution in [-0.2, 0) is 4.74 Å². The topological polar surface area (TPSA) is 94.9 Å². The molecule has 1 aromatic rings. The highest BCUT2D eigenvalue weighted by Gasteiger charge is 2.19. The summed E-state index contributed by atoms with van der Waals surface area (Å²) in [6, 6.07) is 2.91. The second kappa shape index (κ2) is 8.98. The number of rotatable bonds is 10. The smallest absolute Gasteiger partial charge is 0.296 e. The zero-order valence-electron chi connectivity index (χ0n) is 12.5. The largest absolute Gasteiger partial charge is 0.493 e. The number of hydrogen-bond acceptors (Lipinski definition) is 7. The van der Waals surface area contributed by atoms with Crippen LogP contribution in [0.2, 0.25) is 0 Å². The molecule has 0 aliphatic heterocycles. The van der Waals surface area contributed by atoms with E-state index in [2.05, 4.69) is 10.6 Å². The molecule has 8 heteroatoms. The highest BCUT2D eigenvalue weighted by molar-refractivity contribution is 5.68. The van der Waals surface area contributed by atoms with E-state index in [0.29, 0.717) is 36.9 Å². The van der Waals surface area contributed by atoms with Crippen LogP contribution in [0, 0.1) is 10.1 Å². The molecule has 0 saturated carbocycles. The Bertz CT molecular complexity index is 467. The summed E-state index contributed by atoms with van der Waals surface area (Å²) >= 11 is 0. The first-order chi connectivity index (χ1) is 10.1. The van der Waals surface area contributed by atoms with Gasteiger partial charge in [0, 0.05) is 32.8 Å². The zero-order chi connectivity index (χ0) is 15.7. The Labute approximate surface area is 123 Å². The maximum atomic E-state index is 11.1. The highest BCUT2D eigenvalue weighted by Crippen LogP contribution is 2.37. The van der Waals surface area contributed by atoms with Crippen molar-refractivity contribution in [2.24, 2.45) is 0 Å². The fraction of sp³-hybridized carbons (Fsp3) is 0.538. The van der Waals surface area contributed by atoms with Crippen LogP contribution in [0.1, 0.15) is 0 Å². The van der Waals surface area contributed by atoms with E-state index in [4.69, 9.17) is 14.2 Å². The van der Waals surface area contributed by atoms with Gasteiger partial charge < -0.3 is 24.8 Å². The molecule has 0 unspecified atom stereocenters. The van der Waals surface area contributed by atoms with Gasteiger partial charge in [0.05, 0.1) is 31.8 Å². The van der Waals surface area contributed by atoms with Crippen LogP contribution in [0.5, 0.6) is 11.5 Å². The van der Waals surface area contributed by atoms with Gasteiger partial charge in [0.15, 0.2) is 11.5 Å². The van der Waals surface area contributed by atoms with Crippen molar-refractivity contribution in [3.8, 4) is 11.5 Å². The summed E-state index contributed by atoms with van der Waals surface area (Å²) in [5.41, 5.74) is 0.343. The molecule has 1 rings (SSSR count). The molecule has 0 atom stereocenters. The van der Waals surface area contributed by atoms with Crippen LogP contribution in [0.15, 0.2) is 12.1 Å². The first-order valence-electron chi connectivity index (χ1n) is 6.48. The van der Waals surface area contributed by atoms with Crippen LogP contribution in [-0.4, -0.2) is 52.5 Å². The molecule has 0 spiro atoms. The van der Waals surface area contributed by atoms with Gasteiger partial charge in [-0.3, -0.25) is 10.1 Å². The lowest BCUT2D eigenvalue weighted by molar-refractivity contribution is -0.384. The van der Waals surface area contributed by atoms with E-state index in [0.717, 1.165) is 6.54 Å². The van der Waals surface area contributed by atoms with Crippen molar-refractivity contribution in [3.05, 3.63) is 22.2 Å². The molecule has 0 saturated heterocycles. The number of anilines is 1. The molecule has 118 valence electrons. The summed E-state index contributed by atoms with van der Waals surface area (Å²) < 4.78 is 15.1. The molecule has 2 N–H and O–H groups in total. The molecule has 21 heavy (non-hydrogen) atoms. The minimum Gasteiger partial charge on any atom is -0.493 e. The number of methoxy groups -OCH3 is 3. The number of nitrogens with zero attached hydrogens (tertiary/aromatic N) is 1. The molecule has 0 heterocycles. The summed E-state index contributed by atoms with van der Waals surface area (Å²) in [7, 11) is 4.56. The second-order valence-corrected chi connectivity index (χ2v) is 4.15. The summed E-state index contributed by atoms with van der Waals surface area (Å²) in [4.78, 5) is 10.6. The van der Waals surface area contributed by atoms with Crippen molar-refractivity contribution in [2.75, 3.05) is 52.9 Å². The number of benzene rings is 1. The molecule has 1 aromatic carbocycles. The van der Waals surface area contributed by atoms with E-state index in [1.165, 1.54) is 20.3 Å². The predicted octanol–water partition coefficient (Wildman–Crippen LogP) is 1.26. The van der Waals surface area contributed by atoms with Gasteiger partial charge in [-0.05, 0) is 0 Å². The van der Waals surface area contributed by atoms with E-state index >= 15 is 0 Å². The Hall–Kier alpha value is -2.06. The monoisotopic (exact) mass is 299 g/mol. The second-order valence-electron chi connectivity index (χ2n) is 4.15. The third kappa shape index (κ3) is 5.09. The summed E-state index contributed by atoms with van der Waals surface area (Å²) in [6.07, 6.45) is 0. The van der Waals surface area contributed by atoms with Gasteiger partial charge >= 0.3 is 0 Å². The Balaban J connectivity index is 2.72. The first-order valence-corrected chi connectivity index (χ1v) is 6.48. The van der Waals surface area contributed by atoms with Crippen LogP contribution >= 0.6 is 0 Å². The average molecular weight is 299 g/mol. The Morgan fingerprint density at radius 1 is 1.10 bits per heavy atom. The average Bonchev–Trinajstić information content (AvgIpc) is 2.49. The molecule has 0 amide bonds. The van der Waals surface area contributed by atoms with Crippen molar-refractivity contribution in [2.45, 2.75) is 0 Å². The van der Waals surface area contributed by atoms with Gasteiger partial charge in [0.2, 0.25) is 0 Å². The van der Waals surface area contributed by atoms with Crippen LogP contribution in [0.4, 0.5) is 11.4 Å². The van der Waals surface area contributed by atoms with Gasteiger partial charge in [0.1, 0.15) is 5.69 Å². The molecule has 0 aromatic heterocycles. The quantitative estimate of drug-likeness (QED) is 0.381. The minimum atomic E-state index is -0.456. The molecular weight excluding hydrogens is 278 g/mol. The molecule has 0 bridgehead atoms. The van der Waals surface area contributed by atoms with Gasteiger partial charge in [-0.2, -0.15) is 0 Å². The number of hydrogen-bond donors (Lipinski definition) is 2. The third-order valence-electron chi connectivity index (χ3n) is 2.80. The van der Waals surface area contributed by atoms with Crippen molar-refractivity contribution < 1.29 is 19.1 Å². The van der Waals surface area contributed by atoms with Crippen LogP contribution < -0.4 is 20.1 Å². The fourth-order valence-corrected chi connectivity index (χ4v) is 1.75. The number of ether oxygens (including phenoxy) is 3. The van der Waals surface area contributed by atoms with E-state index in [-0.39, 0.29) is 5.69 Å². The lowest BCUT2D eigenvalue weighted by Crippen LogP contribution is -2.25. The van der Waals surface area contributed by atoms with Gasteiger partial charge in [-0.15, -0.1) is 0 Å². The molecule has 0 fully saturated rings. The van der Waals surface area contributed by atoms with Crippen molar-refractivity contribution in [1.29, 1.82) is 0 Å². The maximum Gasteiger partial charge on any atom is 0.296 e. The SMILES string of the molecule is COCCNCCNc1cc(OC)c(OC)cc1[N+](=O)[O-]. The van der Waals surface area contributed by atoms with Crippen LogP contribution in [0.25, 0.3) is 0 Å². The van der Waals surface area contributed by atoms with Crippen molar-refractivity contribution in [1.82, 2.24) is 5.32 Å². The van der Waals surface area contributed by atoms with Gasteiger partial charge in [0.25, 0.3) is 5.69 Å². The van der Waals surface area contributed by atoms with E-state index in [1.807, 2.05) is 0 Å². The minimum absolute atomic E-state index is 0.0514. The number of nitro groups is 1. The summed E-state index contributed by atoms with van der Waals surface area (Å²) in [5, 5.41) is 17.3. The molecule has 0 aliphatic carbocycles. The van der Waals surface area contributed by atoms with Gasteiger partial charge in [-0.25, -0.2) is 0 Å². The normalized spacial score (nSPS) is 10.2. The van der Waals surface area contributed by atoms with Crippen molar-refractivity contribution >= 4 is 11.4 Å². The van der Waals surface area contributed by atoms with Gasteiger partial charge in [-0.1, -0.05) is 0 Å². The lowest BCUT2D eigenvalue weighted by Gasteiger charge is -2.12.